The number of aromatic carboxylic acids is 1. The van der Waals surface area contributed by atoms with Gasteiger partial charge in [0.2, 0.25) is 0 Å². The second-order valence-electron chi connectivity index (χ2n) is 3.93. The Labute approximate surface area is 120 Å². The lowest BCUT2D eigenvalue weighted by Crippen LogP contribution is -2.23. The van der Waals surface area contributed by atoms with Crippen LogP contribution in [0, 0.1) is 0 Å². The standard InChI is InChI=1S/C13H13ClN2O2S/c1-2-16(8-10-4-3-5-19-10)12-11(14)6-9(7-15-12)13(17)18/h3-7H,2,8H2,1H3,(H,17,18). The number of anilines is 1. The number of hydrogen-bond acceptors (Lipinski definition) is 4. The summed E-state index contributed by atoms with van der Waals surface area (Å²) >= 11 is 7.79. The molecule has 0 amide bonds. The molecule has 2 heterocycles. The molecule has 2 aromatic rings. The molecule has 0 unspecified atom stereocenters. The zero-order valence-electron chi connectivity index (χ0n) is 10.3. The number of pyridine rings is 1. The summed E-state index contributed by atoms with van der Waals surface area (Å²) in [6.07, 6.45) is 1.33. The predicted octanol–water partition coefficient (Wildman–Crippen LogP) is 3.52. The number of carboxylic acids is 1. The van der Waals surface area contributed by atoms with Crippen molar-refractivity contribution in [2.24, 2.45) is 0 Å². The van der Waals surface area contributed by atoms with Crippen LogP contribution in [0.3, 0.4) is 0 Å². The summed E-state index contributed by atoms with van der Waals surface area (Å²) in [4.78, 5) is 18.2. The summed E-state index contributed by atoms with van der Waals surface area (Å²) in [6.45, 7) is 3.47. The Balaban J connectivity index is 2.25. The van der Waals surface area contributed by atoms with Crippen LogP contribution in [0.15, 0.2) is 29.8 Å². The summed E-state index contributed by atoms with van der Waals surface area (Å²) in [5.74, 6) is -0.412. The number of hydrogen-bond donors (Lipinski definition) is 1. The molecule has 0 fully saturated rings. The van der Waals surface area contributed by atoms with Gasteiger partial charge in [-0.3, -0.25) is 0 Å². The molecule has 2 rings (SSSR count). The Kier molecular flexibility index (Phi) is 4.39. The normalized spacial score (nSPS) is 10.4. The smallest absolute Gasteiger partial charge is 0.337 e. The minimum Gasteiger partial charge on any atom is -0.478 e. The van der Waals surface area contributed by atoms with E-state index in [1.807, 2.05) is 29.3 Å². The monoisotopic (exact) mass is 296 g/mol. The van der Waals surface area contributed by atoms with Crippen molar-refractivity contribution < 1.29 is 9.90 Å². The van der Waals surface area contributed by atoms with Crippen molar-refractivity contribution in [3.05, 3.63) is 45.2 Å². The van der Waals surface area contributed by atoms with Gasteiger partial charge in [0.25, 0.3) is 0 Å². The highest BCUT2D eigenvalue weighted by molar-refractivity contribution is 7.09. The van der Waals surface area contributed by atoms with Gasteiger partial charge in [-0.25, -0.2) is 9.78 Å². The molecule has 0 spiro atoms. The number of carboxylic acid groups (broad SMARTS) is 1. The molecule has 0 radical (unpaired) electrons. The third kappa shape index (κ3) is 3.24. The van der Waals surface area contributed by atoms with Crippen LogP contribution in [0.25, 0.3) is 0 Å². The molecule has 0 aromatic carbocycles. The van der Waals surface area contributed by atoms with Gasteiger partial charge < -0.3 is 10.0 Å². The first-order valence-corrected chi connectivity index (χ1v) is 7.03. The van der Waals surface area contributed by atoms with Crippen LogP contribution in [0.5, 0.6) is 0 Å². The lowest BCUT2D eigenvalue weighted by molar-refractivity contribution is 0.0696. The third-order valence-corrected chi connectivity index (χ3v) is 3.82. The minimum atomic E-state index is -1.03. The van der Waals surface area contributed by atoms with E-state index in [-0.39, 0.29) is 5.56 Å². The summed E-state index contributed by atoms with van der Waals surface area (Å²) < 4.78 is 0. The Bertz CT molecular complexity index is 572. The van der Waals surface area contributed by atoms with Crippen LogP contribution in [-0.2, 0) is 6.54 Å². The van der Waals surface area contributed by atoms with Gasteiger partial charge in [0, 0.05) is 17.6 Å². The summed E-state index contributed by atoms with van der Waals surface area (Å²) in [5, 5.41) is 11.3. The zero-order chi connectivity index (χ0) is 13.8. The number of halogens is 1. The average Bonchev–Trinajstić information content (AvgIpc) is 2.89. The van der Waals surface area contributed by atoms with E-state index in [0.29, 0.717) is 17.4 Å². The van der Waals surface area contributed by atoms with E-state index in [0.717, 1.165) is 6.54 Å². The molecular formula is C13H13ClN2O2S. The fourth-order valence-corrected chi connectivity index (χ4v) is 2.71. The van der Waals surface area contributed by atoms with Gasteiger partial charge in [-0.1, -0.05) is 17.7 Å². The van der Waals surface area contributed by atoms with Gasteiger partial charge in [-0.2, -0.15) is 0 Å². The maximum absolute atomic E-state index is 10.8. The van der Waals surface area contributed by atoms with Crippen LogP contribution < -0.4 is 4.90 Å². The quantitative estimate of drug-likeness (QED) is 0.917. The van der Waals surface area contributed by atoms with Crippen molar-refractivity contribution in [3.63, 3.8) is 0 Å². The SMILES string of the molecule is CCN(Cc1cccs1)c1ncc(C(=O)O)cc1Cl. The Morgan fingerprint density at radius 3 is 2.89 bits per heavy atom. The lowest BCUT2D eigenvalue weighted by Gasteiger charge is -2.22. The molecule has 0 aliphatic heterocycles. The number of nitrogens with zero attached hydrogens (tertiary/aromatic N) is 2. The van der Waals surface area contributed by atoms with E-state index in [1.54, 1.807) is 11.3 Å². The van der Waals surface area contributed by atoms with Gasteiger partial charge in [-0.05, 0) is 24.4 Å². The van der Waals surface area contributed by atoms with E-state index in [2.05, 4.69) is 4.98 Å². The summed E-state index contributed by atoms with van der Waals surface area (Å²) in [5.41, 5.74) is 0.0981. The van der Waals surface area contributed by atoms with Gasteiger partial charge in [0.05, 0.1) is 17.1 Å². The maximum Gasteiger partial charge on any atom is 0.337 e. The van der Waals surface area contributed by atoms with E-state index >= 15 is 0 Å². The minimum absolute atomic E-state index is 0.0981. The second kappa shape index (κ2) is 6.04. The van der Waals surface area contributed by atoms with Gasteiger partial charge in [-0.15, -0.1) is 11.3 Å². The van der Waals surface area contributed by atoms with E-state index in [4.69, 9.17) is 16.7 Å². The molecule has 6 heteroatoms. The number of carbonyl (C=O) groups is 1. The molecule has 0 saturated carbocycles. The van der Waals surface area contributed by atoms with Crippen molar-refractivity contribution in [1.29, 1.82) is 0 Å². The highest BCUT2D eigenvalue weighted by atomic mass is 35.5. The first-order valence-electron chi connectivity index (χ1n) is 5.78. The molecule has 0 saturated heterocycles. The lowest BCUT2D eigenvalue weighted by atomic mass is 10.2. The second-order valence-corrected chi connectivity index (χ2v) is 5.37. The van der Waals surface area contributed by atoms with E-state index in [9.17, 15) is 4.79 Å². The van der Waals surface area contributed by atoms with Crippen molar-refractivity contribution in [2.75, 3.05) is 11.4 Å². The Morgan fingerprint density at radius 2 is 2.37 bits per heavy atom. The molecule has 100 valence electrons. The Morgan fingerprint density at radius 1 is 1.58 bits per heavy atom. The zero-order valence-corrected chi connectivity index (χ0v) is 11.9. The Hall–Kier alpha value is -1.59. The number of aromatic nitrogens is 1. The van der Waals surface area contributed by atoms with Crippen molar-refractivity contribution in [2.45, 2.75) is 13.5 Å². The van der Waals surface area contributed by atoms with E-state index in [1.165, 1.54) is 17.1 Å². The van der Waals surface area contributed by atoms with Crippen molar-refractivity contribution in [1.82, 2.24) is 4.98 Å². The van der Waals surface area contributed by atoms with Crippen LogP contribution >= 0.6 is 22.9 Å². The number of thiophene rings is 1. The first kappa shape index (κ1) is 13.8. The average molecular weight is 297 g/mol. The predicted molar refractivity (Wildman–Crippen MR) is 77.2 cm³/mol. The molecule has 0 atom stereocenters. The molecule has 4 nitrogen and oxygen atoms in total. The van der Waals surface area contributed by atoms with Crippen LogP contribution in [0.2, 0.25) is 5.02 Å². The molecular weight excluding hydrogens is 284 g/mol. The van der Waals surface area contributed by atoms with Gasteiger partial charge >= 0.3 is 5.97 Å². The highest BCUT2D eigenvalue weighted by Gasteiger charge is 2.14. The van der Waals surface area contributed by atoms with Crippen LogP contribution in [0.1, 0.15) is 22.2 Å². The molecule has 0 aliphatic carbocycles. The summed E-state index contributed by atoms with van der Waals surface area (Å²) in [7, 11) is 0. The van der Waals surface area contributed by atoms with Crippen LogP contribution in [-0.4, -0.2) is 22.6 Å². The first-order chi connectivity index (χ1) is 9.11. The molecule has 19 heavy (non-hydrogen) atoms. The molecule has 0 bridgehead atoms. The number of rotatable bonds is 5. The van der Waals surface area contributed by atoms with Crippen LogP contribution in [0.4, 0.5) is 5.82 Å². The molecule has 1 N–H and O–H groups in total. The molecule has 2 aromatic heterocycles. The fourth-order valence-electron chi connectivity index (χ4n) is 1.71. The van der Waals surface area contributed by atoms with Gasteiger partial charge in [0.15, 0.2) is 0 Å². The van der Waals surface area contributed by atoms with Crippen molar-refractivity contribution >= 4 is 34.7 Å². The van der Waals surface area contributed by atoms with E-state index < -0.39 is 5.97 Å². The maximum atomic E-state index is 10.8. The topological polar surface area (TPSA) is 53.4 Å². The summed E-state index contributed by atoms with van der Waals surface area (Å²) in [6, 6.07) is 5.48. The highest BCUT2D eigenvalue weighted by Crippen LogP contribution is 2.26. The fraction of sp³-hybridized carbons (Fsp3) is 0.231. The largest absolute Gasteiger partial charge is 0.478 e. The molecule has 0 aliphatic rings. The van der Waals surface area contributed by atoms with Crippen molar-refractivity contribution in [3.8, 4) is 0 Å². The van der Waals surface area contributed by atoms with Gasteiger partial charge in [0.1, 0.15) is 5.82 Å². The third-order valence-electron chi connectivity index (χ3n) is 2.68.